The van der Waals surface area contributed by atoms with E-state index in [1.807, 2.05) is 30.3 Å². The van der Waals surface area contributed by atoms with Crippen molar-refractivity contribution >= 4 is 11.6 Å². The van der Waals surface area contributed by atoms with Gasteiger partial charge in [0.05, 0.1) is 0 Å². The predicted molar refractivity (Wildman–Crippen MR) is 75.1 cm³/mol. The average Bonchev–Trinajstić information content (AvgIpc) is 2.47. The smallest absolute Gasteiger partial charge is 0.368 e. The van der Waals surface area contributed by atoms with Crippen molar-refractivity contribution in [2.24, 2.45) is 0 Å². The number of rotatable bonds is 4. The van der Waals surface area contributed by atoms with Crippen LogP contribution in [0.3, 0.4) is 0 Å². The van der Waals surface area contributed by atoms with Gasteiger partial charge in [0.15, 0.2) is 0 Å². The highest BCUT2D eigenvalue weighted by Crippen LogP contribution is 2.23. The highest BCUT2D eigenvalue weighted by atomic mass is 19.4. The zero-order valence-corrected chi connectivity index (χ0v) is 11.8. The molecule has 1 fully saturated rings. The van der Waals surface area contributed by atoms with Crippen LogP contribution in [0.2, 0.25) is 0 Å². The number of hydrogen-bond acceptors (Lipinski definition) is 2. The van der Waals surface area contributed by atoms with Gasteiger partial charge in [0, 0.05) is 44.7 Å². The molecule has 116 valence electrons. The number of carbonyl (C=O) groups is 1. The van der Waals surface area contributed by atoms with E-state index in [4.69, 9.17) is 0 Å². The van der Waals surface area contributed by atoms with Gasteiger partial charge in [-0.2, -0.15) is 13.2 Å². The first-order valence-electron chi connectivity index (χ1n) is 7.10. The van der Waals surface area contributed by atoms with Gasteiger partial charge in [-0.1, -0.05) is 18.2 Å². The first kappa shape index (κ1) is 15.7. The van der Waals surface area contributed by atoms with E-state index in [0.29, 0.717) is 13.1 Å². The normalized spacial score (nSPS) is 16.1. The number of alkyl halides is 3. The van der Waals surface area contributed by atoms with Crippen molar-refractivity contribution in [3.05, 3.63) is 30.3 Å². The van der Waals surface area contributed by atoms with E-state index < -0.39 is 12.6 Å². The Morgan fingerprint density at radius 2 is 1.67 bits per heavy atom. The Morgan fingerprint density at radius 1 is 1.05 bits per heavy atom. The van der Waals surface area contributed by atoms with Crippen molar-refractivity contribution in [3.63, 3.8) is 0 Å². The molecule has 0 unspecified atom stereocenters. The SMILES string of the molecule is O=C(CCCC(F)(F)F)N1CCN(c2ccccc2)CC1. The summed E-state index contributed by atoms with van der Waals surface area (Å²) in [5.74, 6) is -0.174. The molecule has 3 nitrogen and oxygen atoms in total. The quantitative estimate of drug-likeness (QED) is 0.853. The lowest BCUT2D eigenvalue weighted by Crippen LogP contribution is -2.48. The summed E-state index contributed by atoms with van der Waals surface area (Å²) in [6, 6.07) is 9.90. The molecule has 0 saturated carbocycles. The van der Waals surface area contributed by atoms with E-state index in [0.717, 1.165) is 18.8 Å². The lowest BCUT2D eigenvalue weighted by Gasteiger charge is -2.36. The molecule has 0 N–H and O–H groups in total. The van der Waals surface area contributed by atoms with Gasteiger partial charge in [-0.3, -0.25) is 4.79 Å². The molecule has 21 heavy (non-hydrogen) atoms. The molecule has 1 heterocycles. The van der Waals surface area contributed by atoms with Crippen LogP contribution in [0.15, 0.2) is 30.3 Å². The van der Waals surface area contributed by atoms with Gasteiger partial charge in [0.2, 0.25) is 5.91 Å². The molecular formula is C15H19F3N2O. The van der Waals surface area contributed by atoms with Gasteiger partial charge < -0.3 is 9.80 Å². The number of anilines is 1. The van der Waals surface area contributed by atoms with Gasteiger partial charge in [0.1, 0.15) is 0 Å². The standard InChI is InChI=1S/C15H19F3N2O/c16-15(17,18)8-4-7-14(21)20-11-9-19(10-12-20)13-5-2-1-3-6-13/h1-3,5-6H,4,7-12H2. The average molecular weight is 300 g/mol. The van der Waals surface area contributed by atoms with Crippen molar-refractivity contribution in [2.45, 2.75) is 25.4 Å². The van der Waals surface area contributed by atoms with Crippen LogP contribution in [-0.4, -0.2) is 43.2 Å². The maximum Gasteiger partial charge on any atom is 0.389 e. The summed E-state index contributed by atoms with van der Waals surface area (Å²) in [5, 5.41) is 0. The van der Waals surface area contributed by atoms with E-state index in [9.17, 15) is 18.0 Å². The molecule has 1 saturated heterocycles. The van der Waals surface area contributed by atoms with Crippen LogP contribution in [0.1, 0.15) is 19.3 Å². The zero-order chi connectivity index (χ0) is 15.3. The highest BCUT2D eigenvalue weighted by molar-refractivity contribution is 5.76. The molecule has 6 heteroatoms. The summed E-state index contributed by atoms with van der Waals surface area (Å²) in [5.41, 5.74) is 1.11. The molecule has 1 aromatic rings. The number of nitrogens with zero attached hydrogens (tertiary/aromatic N) is 2. The number of hydrogen-bond donors (Lipinski definition) is 0. The summed E-state index contributed by atoms with van der Waals surface area (Å²) in [7, 11) is 0. The van der Waals surface area contributed by atoms with Gasteiger partial charge in [0.25, 0.3) is 0 Å². The van der Waals surface area contributed by atoms with Crippen molar-refractivity contribution < 1.29 is 18.0 Å². The Kier molecular flexibility index (Phi) is 5.09. The Balaban J connectivity index is 1.75. The fourth-order valence-corrected chi connectivity index (χ4v) is 2.45. The molecule has 1 aliphatic heterocycles. The predicted octanol–water partition coefficient (Wildman–Crippen LogP) is 3.07. The molecule has 0 aliphatic carbocycles. The molecule has 0 radical (unpaired) electrons. The van der Waals surface area contributed by atoms with Crippen molar-refractivity contribution in [3.8, 4) is 0 Å². The van der Waals surface area contributed by atoms with Crippen LogP contribution >= 0.6 is 0 Å². The minimum Gasteiger partial charge on any atom is -0.368 e. The van der Waals surface area contributed by atoms with E-state index in [2.05, 4.69) is 4.90 Å². The Hall–Kier alpha value is -1.72. The van der Waals surface area contributed by atoms with E-state index in [1.165, 1.54) is 0 Å². The number of amides is 1. The van der Waals surface area contributed by atoms with E-state index >= 15 is 0 Å². The first-order valence-corrected chi connectivity index (χ1v) is 7.10. The molecule has 2 rings (SSSR count). The largest absolute Gasteiger partial charge is 0.389 e. The number of para-hydroxylation sites is 1. The van der Waals surface area contributed by atoms with Crippen molar-refractivity contribution in [1.29, 1.82) is 0 Å². The molecular weight excluding hydrogens is 281 g/mol. The molecule has 0 bridgehead atoms. The number of halogens is 3. The lowest BCUT2D eigenvalue weighted by atomic mass is 10.2. The Labute approximate surface area is 122 Å². The van der Waals surface area contributed by atoms with Crippen molar-refractivity contribution in [1.82, 2.24) is 4.90 Å². The monoisotopic (exact) mass is 300 g/mol. The van der Waals surface area contributed by atoms with Gasteiger partial charge in [-0.15, -0.1) is 0 Å². The summed E-state index contributed by atoms with van der Waals surface area (Å²) >= 11 is 0. The third kappa shape index (κ3) is 4.95. The molecule has 0 spiro atoms. The number of piperazine rings is 1. The van der Waals surface area contributed by atoms with Gasteiger partial charge >= 0.3 is 6.18 Å². The Morgan fingerprint density at radius 3 is 2.24 bits per heavy atom. The van der Waals surface area contributed by atoms with Crippen LogP contribution in [-0.2, 0) is 4.79 Å². The third-order valence-corrected chi connectivity index (χ3v) is 3.60. The second-order valence-electron chi connectivity index (χ2n) is 5.17. The molecule has 0 atom stereocenters. The lowest BCUT2D eigenvalue weighted by molar-refractivity contribution is -0.140. The topological polar surface area (TPSA) is 23.6 Å². The minimum absolute atomic E-state index is 0.0230. The van der Waals surface area contributed by atoms with Crippen LogP contribution in [0, 0.1) is 0 Å². The second kappa shape index (κ2) is 6.83. The van der Waals surface area contributed by atoms with Crippen LogP contribution in [0.25, 0.3) is 0 Å². The summed E-state index contributed by atoms with van der Waals surface area (Å²) in [6.45, 7) is 2.57. The molecule has 0 aromatic heterocycles. The molecule has 1 aliphatic rings. The van der Waals surface area contributed by atoms with Gasteiger partial charge in [-0.05, 0) is 18.6 Å². The van der Waals surface area contributed by atoms with Crippen LogP contribution in [0.5, 0.6) is 0 Å². The maximum atomic E-state index is 12.1. The zero-order valence-electron chi connectivity index (χ0n) is 11.8. The third-order valence-electron chi connectivity index (χ3n) is 3.60. The van der Waals surface area contributed by atoms with E-state index in [1.54, 1.807) is 4.90 Å². The van der Waals surface area contributed by atoms with Crippen LogP contribution in [0.4, 0.5) is 18.9 Å². The molecule has 1 aromatic carbocycles. The van der Waals surface area contributed by atoms with Crippen molar-refractivity contribution in [2.75, 3.05) is 31.1 Å². The second-order valence-corrected chi connectivity index (χ2v) is 5.17. The van der Waals surface area contributed by atoms with Crippen LogP contribution < -0.4 is 4.90 Å². The fraction of sp³-hybridized carbons (Fsp3) is 0.533. The number of carbonyl (C=O) groups excluding carboxylic acids is 1. The minimum atomic E-state index is -4.17. The summed E-state index contributed by atoms with van der Waals surface area (Å²) < 4.78 is 36.2. The Bertz CT molecular complexity index is 454. The fourth-order valence-electron chi connectivity index (χ4n) is 2.45. The summed E-state index contributed by atoms with van der Waals surface area (Å²) in [6.07, 6.45) is -5.21. The summed E-state index contributed by atoms with van der Waals surface area (Å²) in [4.78, 5) is 15.7. The molecule has 1 amide bonds. The first-order chi connectivity index (χ1) is 9.96. The highest BCUT2D eigenvalue weighted by Gasteiger charge is 2.27. The maximum absolute atomic E-state index is 12.1. The van der Waals surface area contributed by atoms with E-state index in [-0.39, 0.29) is 18.7 Å². The van der Waals surface area contributed by atoms with Gasteiger partial charge in [-0.25, -0.2) is 0 Å². The number of benzene rings is 1.